The van der Waals surface area contributed by atoms with Gasteiger partial charge in [0.25, 0.3) is 0 Å². The lowest BCUT2D eigenvalue weighted by Crippen LogP contribution is -2.23. The Morgan fingerprint density at radius 3 is 2.84 bits per heavy atom. The first-order valence-electron chi connectivity index (χ1n) is 6.33. The average Bonchev–Trinajstić information content (AvgIpc) is 2.43. The number of amides is 1. The molecule has 0 aliphatic heterocycles. The maximum Gasteiger partial charge on any atom is 0.221 e. The third-order valence-electron chi connectivity index (χ3n) is 2.53. The van der Waals surface area contributed by atoms with Crippen molar-refractivity contribution in [3.8, 4) is 11.5 Å². The summed E-state index contributed by atoms with van der Waals surface area (Å²) < 4.78 is 10.9. The number of carbonyl (C=O) groups excluding carboxylic acids is 1. The lowest BCUT2D eigenvalue weighted by molar-refractivity contribution is -0.120. The van der Waals surface area contributed by atoms with Gasteiger partial charge in [-0.3, -0.25) is 4.79 Å². The van der Waals surface area contributed by atoms with E-state index in [1.165, 1.54) is 0 Å². The van der Waals surface area contributed by atoms with Crippen molar-refractivity contribution < 1.29 is 14.3 Å². The summed E-state index contributed by atoms with van der Waals surface area (Å²) in [6, 6.07) is 5.63. The number of halogens is 1. The number of alkyl halides is 1. The predicted molar refractivity (Wildman–Crippen MR) is 79.0 cm³/mol. The fraction of sp³-hybridized carbons (Fsp3) is 0.500. The molecule has 0 radical (unpaired) electrons. The minimum atomic E-state index is 0.0223. The van der Waals surface area contributed by atoms with Gasteiger partial charge >= 0.3 is 0 Å². The van der Waals surface area contributed by atoms with Gasteiger partial charge in [0, 0.05) is 29.9 Å². The highest BCUT2D eigenvalue weighted by atomic mass is 79.9. The van der Waals surface area contributed by atoms with Crippen LogP contribution in [0.3, 0.4) is 0 Å². The number of rotatable bonds is 8. The molecule has 1 rings (SSSR count). The van der Waals surface area contributed by atoms with E-state index in [-0.39, 0.29) is 5.91 Å². The van der Waals surface area contributed by atoms with E-state index < -0.39 is 0 Å². The molecule has 0 heterocycles. The Kier molecular flexibility index (Phi) is 7.33. The van der Waals surface area contributed by atoms with Crippen molar-refractivity contribution in [3.05, 3.63) is 23.8 Å². The molecule has 1 aromatic rings. The Labute approximate surface area is 122 Å². The van der Waals surface area contributed by atoms with E-state index in [0.29, 0.717) is 24.9 Å². The second-order valence-corrected chi connectivity index (χ2v) is 4.83. The Bertz CT molecular complexity index is 410. The van der Waals surface area contributed by atoms with E-state index in [1.807, 2.05) is 18.2 Å². The van der Waals surface area contributed by atoms with E-state index in [9.17, 15) is 4.79 Å². The molecule has 0 aliphatic rings. The normalized spacial score (nSPS) is 10.1. The fourth-order valence-corrected chi connectivity index (χ4v) is 1.88. The molecule has 0 fully saturated rings. The van der Waals surface area contributed by atoms with Crippen LogP contribution in [0.4, 0.5) is 0 Å². The molecule has 0 spiro atoms. The molecule has 106 valence electrons. The third-order valence-corrected chi connectivity index (χ3v) is 2.93. The monoisotopic (exact) mass is 329 g/mol. The number of hydrogen-bond acceptors (Lipinski definition) is 3. The van der Waals surface area contributed by atoms with Gasteiger partial charge in [0.05, 0.1) is 13.7 Å². The molecule has 19 heavy (non-hydrogen) atoms. The molecular formula is C14H20BrNO3. The van der Waals surface area contributed by atoms with Gasteiger partial charge in [-0.1, -0.05) is 22.9 Å². The van der Waals surface area contributed by atoms with Crippen LogP contribution in [-0.2, 0) is 11.3 Å². The van der Waals surface area contributed by atoms with Crippen LogP contribution in [0, 0.1) is 0 Å². The highest BCUT2D eigenvalue weighted by Crippen LogP contribution is 2.25. The summed E-state index contributed by atoms with van der Waals surface area (Å²) in [5.41, 5.74) is 0.956. The first kappa shape index (κ1) is 15.8. The molecule has 0 atom stereocenters. The number of methoxy groups -OCH3 is 1. The van der Waals surface area contributed by atoms with Crippen LogP contribution in [0.2, 0.25) is 0 Å². The quantitative estimate of drug-likeness (QED) is 0.746. The molecule has 0 aromatic heterocycles. The number of benzene rings is 1. The minimum absolute atomic E-state index is 0.0223. The van der Waals surface area contributed by atoms with Crippen LogP contribution in [0.5, 0.6) is 11.5 Å². The zero-order valence-corrected chi connectivity index (χ0v) is 13.0. The predicted octanol–water partition coefficient (Wildman–Crippen LogP) is 2.89. The number of hydrogen-bond donors (Lipinski definition) is 1. The fourth-order valence-electron chi connectivity index (χ4n) is 1.52. The van der Waals surface area contributed by atoms with Crippen molar-refractivity contribution in [1.29, 1.82) is 0 Å². The lowest BCUT2D eigenvalue weighted by Gasteiger charge is -2.13. The van der Waals surface area contributed by atoms with Gasteiger partial charge in [-0.15, -0.1) is 0 Å². The van der Waals surface area contributed by atoms with Crippen LogP contribution < -0.4 is 14.8 Å². The van der Waals surface area contributed by atoms with E-state index in [0.717, 1.165) is 23.5 Å². The average molecular weight is 330 g/mol. The van der Waals surface area contributed by atoms with Gasteiger partial charge in [-0.25, -0.2) is 0 Å². The van der Waals surface area contributed by atoms with Crippen molar-refractivity contribution in [2.24, 2.45) is 0 Å². The zero-order valence-electron chi connectivity index (χ0n) is 11.4. The van der Waals surface area contributed by atoms with Gasteiger partial charge in [-0.05, 0) is 18.6 Å². The second-order valence-electron chi connectivity index (χ2n) is 4.04. The highest BCUT2D eigenvalue weighted by molar-refractivity contribution is 9.09. The number of nitrogens with one attached hydrogen (secondary N) is 1. The summed E-state index contributed by atoms with van der Waals surface area (Å²) in [4.78, 5) is 11.5. The van der Waals surface area contributed by atoms with Gasteiger partial charge < -0.3 is 14.8 Å². The maximum atomic E-state index is 11.5. The summed E-state index contributed by atoms with van der Waals surface area (Å²) in [6.07, 6.45) is 1.41. The summed E-state index contributed by atoms with van der Waals surface area (Å²) in [5.74, 6) is 1.54. The third kappa shape index (κ3) is 5.51. The molecule has 0 saturated carbocycles. The van der Waals surface area contributed by atoms with Crippen LogP contribution in [-0.4, -0.2) is 25.0 Å². The SMILES string of the molecule is CCCOc1cc(OC)ccc1CNC(=O)CCBr. The van der Waals surface area contributed by atoms with Crippen molar-refractivity contribution in [1.82, 2.24) is 5.32 Å². The minimum Gasteiger partial charge on any atom is -0.497 e. The van der Waals surface area contributed by atoms with Crippen molar-refractivity contribution in [3.63, 3.8) is 0 Å². The molecular weight excluding hydrogens is 310 g/mol. The van der Waals surface area contributed by atoms with Crippen molar-refractivity contribution >= 4 is 21.8 Å². The van der Waals surface area contributed by atoms with Crippen LogP contribution in [0.1, 0.15) is 25.3 Å². The molecule has 1 N–H and O–H groups in total. The standard InChI is InChI=1S/C14H20BrNO3/c1-3-8-19-13-9-12(18-2)5-4-11(13)10-16-14(17)6-7-15/h4-5,9H,3,6-8,10H2,1-2H3,(H,16,17). The molecule has 0 saturated heterocycles. The maximum absolute atomic E-state index is 11.5. The molecule has 4 nitrogen and oxygen atoms in total. The molecule has 0 aliphatic carbocycles. The van der Waals surface area contributed by atoms with E-state index in [1.54, 1.807) is 7.11 Å². The first-order valence-corrected chi connectivity index (χ1v) is 7.45. The Morgan fingerprint density at radius 2 is 2.21 bits per heavy atom. The molecule has 5 heteroatoms. The summed E-state index contributed by atoms with van der Waals surface area (Å²) in [6.45, 7) is 3.17. The van der Waals surface area contributed by atoms with Crippen LogP contribution in [0.15, 0.2) is 18.2 Å². The van der Waals surface area contributed by atoms with Gasteiger partial charge in [0.2, 0.25) is 5.91 Å². The summed E-state index contributed by atoms with van der Waals surface area (Å²) >= 11 is 3.24. The van der Waals surface area contributed by atoms with Gasteiger partial charge in [0.1, 0.15) is 11.5 Å². The van der Waals surface area contributed by atoms with Gasteiger partial charge in [-0.2, -0.15) is 0 Å². The Morgan fingerprint density at radius 1 is 1.42 bits per heavy atom. The van der Waals surface area contributed by atoms with Crippen LogP contribution in [0.25, 0.3) is 0 Å². The molecule has 0 unspecified atom stereocenters. The molecule has 0 bridgehead atoms. The summed E-state index contributed by atoms with van der Waals surface area (Å²) in [5, 5.41) is 3.53. The van der Waals surface area contributed by atoms with Crippen LogP contribution >= 0.6 is 15.9 Å². The Hall–Kier alpha value is -1.23. The smallest absolute Gasteiger partial charge is 0.221 e. The Balaban J connectivity index is 2.71. The summed E-state index contributed by atoms with van der Waals surface area (Å²) in [7, 11) is 1.62. The lowest BCUT2D eigenvalue weighted by atomic mass is 10.2. The number of ether oxygens (including phenoxy) is 2. The van der Waals surface area contributed by atoms with E-state index >= 15 is 0 Å². The molecule has 1 amide bonds. The van der Waals surface area contributed by atoms with Crippen molar-refractivity contribution in [2.45, 2.75) is 26.3 Å². The largest absolute Gasteiger partial charge is 0.497 e. The first-order chi connectivity index (χ1) is 9.21. The van der Waals surface area contributed by atoms with Gasteiger partial charge in [0.15, 0.2) is 0 Å². The second kappa shape index (κ2) is 8.80. The number of carbonyl (C=O) groups is 1. The van der Waals surface area contributed by atoms with Crippen molar-refractivity contribution in [2.75, 3.05) is 19.0 Å². The van der Waals surface area contributed by atoms with E-state index in [2.05, 4.69) is 28.2 Å². The molecule has 1 aromatic carbocycles. The van der Waals surface area contributed by atoms with E-state index in [4.69, 9.17) is 9.47 Å². The topological polar surface area (TPSA) is 47.6 Å². The zero-order chi connectivity index (χ0) is 14.1. The highest BCUT2D eigenvalue weighted by Gasteiger charge is 2.07.